The van der Waals surface area contributed by atoms with Crippen molar-refractivity contribution >= 4 is 77.7 Å². The fraction of sp³-hybridized carbons (Fsp3) is 0.718. The van der Waals surface area contributed by atoms with Crippen LogP contribution in [0.4, 0.5) is 0 Å². The number of aliphatic carboxylic acids is 1. The lowest BCUT2D eigenvalue weighted by Gasteiger charge is -2.34. The van der Waals surface area contributed by atoms with Crippen molar-refractivity contribution in [1.82, 2.24) is 51.5 Å². The summed E-state index contributed by atoms with van der Waals surface area (Å²) in [6.45, 7) is -1.56. The summed E-state index contributed by atoms with van der Waals surface area (Å²) in [5.41, 5.74) is 5.41. The first-order valence-corrected chi connectivity index (χ1v) is 22.4. The zero-order valence-corrected chi connectivity index (χ0v) is 37.4. The summed E-state index contributed by atoms with van der Waals surface area (Å²) in [5.74, 6) is -9.07. The molecule has 0 aliphatic carbocycles. The minimum absolute atomic E-state index is 0.158. The van der Waals surface area contributed by atoms with E-state index in [1.807, 2.05) is 0 Å². The van der Waals surface area contributed by atoms with Crippen LogP contribution in [0, 0.1) is 0 Å². The van der Waals surface area contributed by atoms with Gasteiger partial charge in [0.15, 0.2) is 0 Å². The van der Waals surface area contributed by atoms with Crippen molar-refractivity contribution in [2.45, 2.75) is 113 Å². The van der Waals surface area contributed by atoms with E-state index in [4.69, 9.17) is 5.73 Å². The predicted molar refractivity (Wildman–Crippen MR) is 229 cm³/mol. The molecule has 368 valence electrons. The number of carboxylic acid groups (broad SMARTS) is 1. The molecule has 12 N–H and O–H groups in total. The Labute approximate surface area is 384 Å². The van der Waals surface area contributed by atoms with E-state index in [2.05, 4.69) is 44.5 Å². The summed E-state index contributed by atoms with van der Waals surface area (Å²) in [6, 6.07) is -11.2. The van der Waals surface area contributed by atoms with Gasteiger partial charge in [-0.1, -0.05) is 0 Å². The number of aliphatic hydroxyl groups is 3. The van der Waals surface area contributed by atoms with Crippen LogP contribution in [-0.4, -0.2) is 224 Å². The maximum atomic E-state index is 14.1. The summed E-state index contributed by atoms with van der Waals surface area (Å²) in [5, 5.41) is 52.4. The summed E-state index contributed by atoms with van der Waals surface area (Å²) in [4.78, 5) is 148. The second kappa shape index (κ2) is 24.8. The van der Waals surface area contributed by atoms with Crippen molar-refractivity contribution in [2.24, 2.45) is 5.73 Å². The first-order chi connectivity index (χ1) is 31.4. The molecule has 4 fully saturated rings. The van der Waals surface area contributed by atoms with Gasteiger partial charge in [0.05, 0.1) is 32.9 Å². The maximum Gasteiger partial charge on any atom is 0.327 e. The molecule has 9 atom stereocenters. The Balaban J connectivity index is 1.28. The second-order valence-electron chi connectivity index (χ2n) is 16.3. The summed E-state index contributed by atoms with van der Waals surface area (Å²) >= 11 is 3.89. The lowest BCUT2D eigenvalue weighted by molar-refractivity contribution is -0.151. The molecule has 0 saturated carbocycles. The SMILES string of the molecule is C[C@H](NC(=O)CNC(=O)[C@H](CO)NC(=O)[C@H](CO)NC(=O)[C@@H]1CCCN1C(=O)CN)C(=O)N1CCC[C@H]1C(=O)N1CCC[C@H]1C(=O)N1CCC[C@H]1C(=O)N[C@@H](CO)C(=O)N[C@@H](CS)C(=O)O. The largest absolute Gasteiger partial charge is 0.480 e. The highest BCUT2D eigenvalue weighted by atomic mass is 32.1. The number of carbonyl (C=O) groups excluding carboxylic acids is 10. The van der Waals surface area contributed by atoms with Crippen molar-refractivity contribution in [3.05, 3.63) is 0 Å². The molecule has 66 heavy (non-hydrogen) atoms. The standard InChI is InChI=1S/C39H61N11O15S/c1-20(42-29(54)15-41-31(56)21(16-51)43-32(57)22(17-52)44-34(59)25-6-2-10-47(25)30(55)14-40)36(61)49-12-4-8-27(49)38(63)50-13-5-9-28(50)37(62)48-11-3-7-26(48)35(60)45-23(18-53)33(58)46-24(19-66)39(64)65/h20-28,51-53,66H,2-19,40H2,1H3,(H,41,56)(H,42,54)(H,43,57)(H,44,59)(H,45,60)(H,46,58)(H,64,65)/t20-,21-,22-,23-,24-,25-,26-,27-,28-/m0/s1. The van der Waals surface area contributed by atoms with E-state index in [9.17, 15) is 73.2 Å². The fourth-order valence-corrected chi connectivity index (χ4v) is 8.70. The monoisotopic (exact) mass is 955 g/mol. The highest BCUT2D eigenvalue weighted by Gasteiger charge is 2.46. The van der Waals surface area contributed by atoms with Crippen molar-refractivity contribution in [3.63, 3.8) is 0 Å². The van der Waals surface area contributed by atoms with Gasteiger partial charge in [-0.25, -0.2) is 4.79 Å². The van der Waals surface area contributed by atoms with Gasteiger partial charge in [0, 0.05) is 31.9 Å². The van der Waals surface area contributed by atoms with Gasteiger partial charge in [-0.2, -0.15) is 12.6 Å². The lowest BCUT2D eigenvalue weighted by Crippen LogP contribution is -2.59. The number of rotatable bonds is 21. The summed E-state index contributed by atoms with van der Waals surface area (Å²) < 4.78 is 0. The normalized spacial score (nSPS) is 22.6. The molecule has 4 aliphatic heterocycles. The summed E-state index contributed by atoms with van der Waals surface area (Å²) in [6.07, 6.45) is 2.87. The molecule has 0 radical (unpaired) electrons. The van der Waals surface area contributed by atoms with E-state index in [1.165, 1.54) is 26.5 Å². The predicted octanol–water partition coefficient (Wildman–Crippen LogP) is -7.54. The molecular formula is C39H61N11O15S. The van der Waals surface area contributed by atoms with Gasteiger partial charge in [-0.15, -0.1) is 0 Å². The number of nitrogens with zero attached hydrogens (tertiary/aromatic N) is 4. The van der Waals surface area contributed by atoms with Gasteiger partial charge in [0.25, 0.3) is 0 Å². The average Bonchev–Trinajstić information content (AvgIpc) is 4.16. The van der Waals surface area contributed by atoms with Crippen LogP contribution in [0.25, 0.3) is 0 Å². The second-order valence-corrected chi connectivity index (χ2v) is 16.7. The number of amides is 10. The van der Waals surface area contributed by atoms with E-state index < -0.39 is 146 Å². The van der Waals surface area contributed by atoms with Gasteiger partial charge >= 0.3 is 5.97 Å². The van der Waals surface area contributed by atoms with Crippen LogP contribution in [0.15, 0.2) is 0 Å². The number of aliphatic hydroxyl groups excluding tert-OH is 3. The maximum absolute atomic E-state index is 14.1. The van der Waals surface area contributed by atoms with E-state index in [0.29, 0.717) is 32.1 Å². The molecule has 0 bridgehead atoms. The molecule has 0 aromatic heterocycles. The number of hydrogen-bond acceptors (Lipinski definition) is 16. The number of likely N-dealkylation sites (tertiary alicyclic amines) is 4. The minimum Gasteiger partial charge on any atom is -0.480 e. The zero-order valence-electron chi connectivity index (χ0n) is 36.5. The van der Waals surface area contributed by atoms with E-state index >= 15 is 0 Å². The third kappa shape index (κ3) is 13.0. The van der Waals surface area contributed by atoms with Gasteiger partial charge in [-0.05, 0) is 58.3 Å². The van der Waals surface area contributed by atoms with Gasteiger partial charge < -0.3 is 77.7 Å². The van der Waals surface area contributed by atoms with Crippen LogP contribution >= 0.6 is 12.6 Å². The van der Waals surface area contributed by atoms with Crippen LogP contribution in [0.3, 0.4) is 0 Å². The molecule has 0 aromatic carbocycles. The molecule has 4 rings (SSSR count). The topological polar surface area (TPSA) is 380 Å². The lowest BCUT2D eigenvalue weighted by atomic mass is 10.1. The van der Waals surface area contributed by atoms with Crippen molar-refractivity contribution in [3.8, 4) is 0 Å². The highest BCUT2D eigenvalue weighted by molar-refractivity contribution is 7.80. The Morgan fingerprint density at radius 2 is 0.985 bits per heavy atom. The average molecular weight is 956 g/mol. The molecule has 26 nitrogen and oxygen atoms in total. The molecule has 4 saturated heterocycles. The first-order valence-electron chi connectivity index (χ1n) is 21.8. The van der Waals surface area contributed by atoms with Crippen molar-refractivity contribution in [1.29, 1.82) is 0 Å². The van der Waals surface area contributed by atoms with Gasteiger partial charge in [-0.3, -0.25) is 47.9 Å². The number of carboxylic acids is 1. The summed E-state index contributed by atoms with van der Waals surface area (Å²) in [7, 11) is 0. The zero-order chi connectivity index (χ0) is 48.8. The molecule has 4 heterocycles. The molecule has 0 aromatic rings. The highest BCUT2D eigenvalue weighted by Crippen LogP contribution is 2.29. The molecular weight excluding hydrogens is 895 g/mol. The quantitative estimate of drug-likeness (QED) is 0.0476. The third-order valence-electron chi connectivity index (χ3n) is 11.9. The first kappa shape index (κ1) is 53.0. The van der Waals surface area contributed by atoms with Crippen LogP contribution < -0.4 is 37.6 Å². The number of hydrogen-bond donors (Lipinski definition) is 12. The Hall–Kier alpha value is -5.64. The Morgan fingerprint density at radius 3 is 1.45 bits per heavy atom. The molecule has 27 heteroatoms. The molecule has 4 aliphatic rings. The van der Waals surface area contributed by atoms with Crippen LogP contribution in [0.2, 0.25) is 0 Å². The minimum atomic E-state index is -1.63. The van der Waals surface area contributed by atoms with E-state index in [0.717, 1.165) is 0 Å². The van der Waals surface area contributed by atoms with E-state index in [1.54, 1.807) is 0 Å². The Morgan fingerprint density at radius 1 is 0.576 bits per heavy atom. The number of nitrogens with two attached hydrogens (primary N) is 1. The van der Waals surface area contributed by atoms with Gasteiger partial charge in [0.1, 0.15) is 54.4 Å². The molecule has 0 spiro atoms. The number of carbonyl (C=O) groups is 11. The van der Waals surface area contributed by atoms with Crippen molar-refractivity contribution in [2.75, 3.05) is 64.8 Å². The number of nitrogens with one attached hydrogen (secondary N) is 6. The van der Waals surface area contributed by atoms with Crippen LogP contribution in [-0.2, 0) is 52.7 Å². The molecule has 0 unspecified atom stereocenters. The third-order valence-corrected chi connectivity index (χ3v) is 12.3. The molecule has 10 amide bonds. The van der Waals surface area contributed by atoms with Crippen molar-refractivity contribution < 1.29 is 73.2 Å². The fourth-order valence-electron chi connectivity index (χ4n) is 8.46. The Bertz CT molecular complexity index is 1860. The van der Waals surface area contributed by atoms with Crippen LogP contribution in [0.5, 0.6) is 0 Å². The smallest absolute Gasteiger partial charge is 0.327 e. The number of thiol groups is 1. The van der Waals surface area contributed by atoms with Gasteiger partial charge in [0.2, 0.25) is 59.1 Å². The Kier molecular flexibility index (Phi) is 19.9. The van der Waals surface area contributed by atoms with E-state index in [-0.39, 0.29) is 57.7 Å². The van der Waals surface area contributed by atoms with Crippen LogP contribution in [0.1, 0.15) is 58.3 Å².